The Morgan fingerprint density at radius 3 is 2.46 bits per heavy atom. The van der Waals surface area contributed by atoms with Crippen LogP contribution in [0.25, 0.3) is 6.08 Å². The molecule has 0 N–H and O–H groups in total. The molecule has 3 nitrogen and oxygen atoms in total. The van der Waals surface area contributed by atoms with Crippen LogP contribution in [0.3, 0.4) is 0 Å². The first-order valence-electron chi connectivity index (χ1n) is 7.35. The lowest BCUT2D eigenvalue weighted by molar-refractivity contribution is -0.113. The van der Waals surface area contributed by atoms with Crippen LogP contribution in [0.1, 0.15) is 12.5 Å². The molecule has 1 heterocycles. The maximum absolute atomic E-state index is 12.7. The summed E-state index contributed by atoms with van der Waals surface area (Å²) >= 11 is 10.1. The number of ether oxygens (including phenoxy) is 1. The quantitative estimate of drug-likeness (QED) is 0.499. The lowest BCUT2D eigenvalue weighted by atomic mass is 10.2. The minimum atomic E-state index is -0.0999. The fourth-order valence-corrected chi connectivity index (χ4v) is 3.82. The number of anilines is 1. The number of halogens is 1. The number of carbonyl (C=O) groups excluding carboxylic acids is 1. The topological polar surface area (TPSA) is 29.5 Å². The molecular formula is C18H14BrNO2S2. The van der Waals surface area contributed by atoms with Crippen LogP contribution in [0, 0.1) is 0 Å². The minimum Gasteiger partial charge on any atom is -0.494 e. The molecule has 6 heteroatoms. The maximum atomic E-state index is 12.7. The zero-order chi connectivity index (χ0) is 17.1. The molecule has 3 rings (SSSR count). The number of hydrogen-bond donors (Lipinski definition) is 0. The molecule has 0 aliphatic carbocycles. The number of hydrogen-bond acceptors (Lipinski definition) is 4. The van der Waals surface area contributed by atoms with Gasteiger partial charge in [0.2, 0.25) is 0 Å². The van der Waals surface area contributed by atoms with Gasteiger partial charge in [0.05, 0.1) is 17.2 Å². The molecular weight excluding hydrogens is 406 g/mol. The second-order valence-electron chi connectivity index (χ2n) is 5.00. The third kappa shape index (κ3) is 3.71. The summed E-state index contributed by atoms with van der Waals surface area (Å²) in [6.07, 6.45) is 1.86. The van der Waals surface area contributed by atoms with Crippen LogP contribution >= 0.6 is 39.9 Å². The maximum Gasteiger partial charge on any atom is 0.270 e. The van der Waals surface area contributed by atoms with Crippen LogP contribution in [0.4, 0.5) is 5.69 Å². The van der Waals surface area contributed by atoms with Crippen molar-refractivity contribution < 1.29 is 9.53 Å². The highest BCUT2D eigenvalue weighted by Crippen LogP contribution is 2.36. The fourth-order valence-electron chi connectivity index (χ4n) is 2.26. The Labute approximate surface area is 158 Å². The van der Waals surface area contributed by atoms with Gasteiger partial charge in [0.1, 0.15) is 5.75 Å². The third-order valence-electron chi connectivity index (χ3n) is 3.37. The molecule has 1 aliphatic heterocycles. The van der Waals surface area contributed by atoms with Crippen LogP contribution in [-0.4, -0.2) is 16.8 Å². The van der Waals surface area contributed by atoms with Gasteiger partial charge in [-0.15, -0.1) is 0 Å². The number of carbonyl (C=O) groups is 1. The SMILES string of the molecule is CCOc1ccc(N2C(=O)/C(=C/c3ccc(Br)cc3)SC2=S)cc1. The second kappa shape index (κ2) is 7.51. The van der Waals surface area contributed by atoms with E-state index < -0.39 is 0 Å². The molecule has 2 aromatic rings. The summed E-state index contributed by atoms with van der Waals surface area (Å²) < 4.78 is 6.97. The third-order valence-corrected chi connectivity index (χ3v) is 5.20. The standard InChI is InChI=1S/C18H14BrNO2S2/c1-2-22-15-9-7-14(8-10-15)20-17(21)16(24-18(20)23)11-12-3-5-13(19)6-4-12/h3-11H,2H2,1H3/b16-11-. The molecule has 2 aromatic carbocycles. The summed E-state index contributed by atoms with van der Waals surface area (Å²) in [7, 11) is 0. The predicted molar refractivity (Wildman–Crippen MR) is 107 cm³/mol. The van der Waals surface area contributed by atoms with E-state index in [4.69, 9.17) is 17.0 Å². The molecule has 0 bridgehead atoms. The molecule has 0 aromatic heterocycles. The zero-order valence-electron chi connectivity index (χ0n) is 12.9. The van der Waals surface area contributed by atoms with Gasteiger partial charge in [0.25, 0.3) is 5.91 Å². The lowest BCUT2D eigenvalue weighted by Crippen LogP contribution is -2.27. The van der Waals surface area contributed by atoms with Crippen LogP contribution in [0.15, 0.2) is 57.9 Å². The van der Waals surface area contributed by atoms with Crippen molar-refractivity contribution >= 4 is 61.9 Å². The summed E-state index contributed by atoms with van der Waals surface area (Å²) in [5.74, 6) is 0.675. The number of thiocarbonyl (C=S) groups is 1. The molecule has 0 radical (unpaired) electrons. The zero-order valence-corrected chi connectivity index (χ0v) is 16.1. The molecule has 24 heavy (non-hydrogen) atoms. The van der Waals surface area contributed by atoms with E-state index in [1.165, 1.54) is 11.8 Å². The van der Waals surface area contributed by atoms with E-state index >= 15 is 0 Å². The molecule has 1 amide bonds. The van der Waals surface area contributed by atoms with E-state index in [1.807, 2.05) is 61.5 Å². The smallest absolute Gasteiger partial charge is 0.270 e. The molecule has 0 atom stereocenters. The van der Waals surface area contributed by atoms with Gasteiger partial charge >= 0.3 is 0 Å². The van der Waals surface area contributed by atoms with Gasteiger partial charge in [0, 0.05) is 4.47 Å². The largest absolute Gasteiger partial charge is 0.494 e. The number of amides is 1. The molecule has 0 spiro atoms. The number of benzene rings is 2. The Kier molecular flexibility index (Phi) is 5.38. The van der Waals surface area contributed by atoms with E-state index in [-0.39, 0.29) is 5.91 Å². The van der Waals surface area contributed by atoms with Crippen molar-refractivity contribution in [2.75, 3.05) is 11.5 Å². The molecule has 1 aliphatic rings. The Morgan fingerprint density at radius 1 is 1.17 bits per heavy atom. The van der Waals surface area contributed by atoms with E-state index in [0.717, 1.165) is 21.5 Å². The van der Waals surface area contributed by atoms with Gasteiger partial charge in [0.15, 0.2) is 4.32 Å². The van der Waals surface area contributed by atoms with Gasteiger partial charge in [-0.25, -0.2) is 0 Å². The van der Waals surface area contributed by atoms with Crippen molar-refractivity contribution in [3.8, 4) is 5.75 Å². The predicted octanol–water partition coefficient (Wildman–Crippen LogP) is 5.25. The van der Waals surface area contributed by atoms with E-state index in [9.17, 15) is 4.79 Å². The van der Waals surface area contributed by atoms with Gasteiger partial charge < -0.3 is 4.74 Å². The first-order valence-corrected chi connectivity index (χ1v) is 9.36. The second-order valence-corrected chi connectivity index (χ2v) is 7.59. The van der Waals surface area contributed by atoms with Crippen molar-refractivity contribution in [2.45, 2.75) is 6.92 Å². The van der Waals surface area contributed by atoms with Crippen molar-refractivity contribution in [1.29, 1.82) is 0 Å². The van der Waals surface area contributed by atoms with Crippen molar-refractivity contribution in [1.82, 2.24) is 0 Å². The fraction of sp³-hybridized carbons (Fsp3) is 0.111. The summed E-state index contributed by atoms with van der Waals surface area (Å²) in [5, 5.41) is 0. The van der Waals surface area contributed by atoms with Crippen LogP contribution in [0.5, 0.6) is 5.75 Å². The normalized spacial score (nSPS) is 16.1. The summed E-state index contributed by atoms with van der Waals surface area (Å²) in [4.78, 5) is 14.9. The average Bonchev–Trinajstić information content (AvgIpc) is 2.85. The highest BCUT2D eigenvalue weighted by atomic mass is 79.9. The Hall–Kier alpha value is -1.63. The van der Waals surface area contributed by atoms with E-state index in [0.29, 0.717) is 15.8 Å². The van der Waals surface area contributed by atoms with Gasteiger partial charge in [-0.3, -0.25) is 9.69 Å². The Balaban J connectivity index is 1.84. The first-order chi connectivity index (χ1) is 11.6. The molecule has 1 fully saturated rings. The van der Waals surface area contributed by atoms with Crippen molar-refractivity contribution in [3.05, 3.63) is 63.5 Å². The van der Waals surface area contributed by atoms with Crippen LogP contribution in [0.2, 0.25) is 0 Å². The molecule has 0 saturated carbocycles. The van der Waals surface area contributed by atoms with E-state index in [1.54, 1.807) is 4.90 Å². The number of thioether (sulfide) groups is 1. The van der Waals surface area contributed by atoms with Crippen molar-refractivity contribution in [3.63, 3.8) is 0 Å². The van der Waals surface area contributed by atoms with Gasteiger partial charge in [-0.2, -0.15) is 0 Å². The minimum absolute atomic E-state index is 0.0999. The van der Waals surface area contributed by atoms with Crippen LogP contribution in [-0.2, 0) is 4.79 Å². The Bertz CT molecular complexity index is 801. The molecule has 1 saturated heterocycles. The lowest BCUT2D eigenvalue weighted by Gasteiger charge is -2.15. The van der Waals surface area contributed by atoms with E-state index in [2.05, 4.69) is 15.9 Å². The number of rotatable bonds is 4. The van der Waals surface area contributed by atoms with Gasteiger partial charge in [-0.05, 0) is 55.0 Å². The monoisotopic (exact) mass is 419 g/mol. The molecule has 0 unspecified atom stereocenters. The highest BCUT2D eigenvalue weighted by molar-refractivity contribution is 9.10. The van der Waals surface area contributed by atoms with Gasteiger partial charge in [-0.1, -0.05) is 52.0 Å². The highest BCUT2D eigenvalue weighted by Gasteiger charge is 2.33. The Morgan fingerprint density at radius 2 is 1.83 bits per heavy atom. The molecule has 122 valence electrons. The summed E-state index contributed by atoms with van der Waals surface area (Å²) in [6.45, 7) is 2.54. The average molecular weight is 420 g/mol. The number of nitrogens with zero attached hydrogens (tertiary/aromatic N) is 1. The van der Waals surface area contributed by atoms with Crippen molar-refractivity contribution in [2.24, 2.45) is 0 Å². The van der Waals surface area contributed by atoms with Crippen LogP contribution < -0.4 is 9.64 Å². The first kappa shape index (κ1) is 17.2. The summed E-state index contributed by atoms with van der Waals surface area (Å²) in [5.41, 5.74) is 1.71. The summed E-state index contributed by atoms with van der Waals surface area (Å²) in [6, 6.07) is 15.2.